The van der Waals surface area contributed by atoms with Crippen molar-refractivity contribution in [2.45, 2.75) is 50.9 Å². The van der Waals surface area contributed by atoms with Gasteiger partial charge in [-0.15, -0.1) is 0 Å². The van der Waals surface area contributed by atoms with Gasteiger partial charge in [0.05, 0.1) is 28.0 Å². The van der Waals surface area contributed by atoms with Crippen LogP contribution in [0.1, 0.15) is 58.8 Å². The van der Waals surface area contributed by atoms with Crippen molar-refractivity contribution in [1.82, 2.24) is 29.1 Å². The topological polar surface area (TPSA) is 131 Å². The van der Waals surface area contributed by atoms with Crippen LogP contribution in [-0.4, -0.2) is 79.1 Å². The third kappa shape index (κ3) is 6.30. The number of halogens is 4. The quantitative estimate of drug-likeness (QED) is 0.399. The highest BCUT2D eigenvalue weighted by Gasteiger charge is 2.39. The number of hydrogen-bond donors (Lipinski definition) is 2. The maximum Gasteiger partial charge on any atom is 0.435 e. The predicted octanol–water partition coefficient (Wildman–Crippen LogP) is 4.03. The van der Waals surface area contributed by atoms with Gasteiger partial charge in [0.1, 0.15) is 0 Å². The number of nitrogens with one attached hydrogen (secondary N) is 1. The minimum atomic E-state index is -4.68. The summed E-state index contributed by atoms with van der Waals surface area (Å²) in [6.45, 7) is 2.00. The summed E-state index contributed by atoms with van der Waals surface area (Å²) in [4.78, 5) is 46.4. The molecule has 0 atom stereocenters. The number of carbonyl (C=O) groups excluding carboxylic acids is 3. The monoisotopic (exact) mass is 646 g/mol. The second-order valence-corrected chi connectivity index (χ2v) is 12.5. The van der Waals surface area contributed by atoms with Crippen molar-refractivity contribution in [3.05, 3.63) is 52.7 Å². The molecule has 2 aliphatic carbocycles. The first kappa shape index (κ1) is 31.1. The van der Waals surface area contributed by atoms with Gasteiger partial charge in [0.15, 0.2) is 11.5 Å². The SMILES string of the molecule is Cn1c(-c2cn(CC3CCC3)nc2C(F)(F)F)cnc1C(=O)Nc1ccc(C(=O)N2CCN(C(=O)C3CC(N)C3)CC2)c(Cl)c1. The Morgan fingerprint density at radius 2 is 1.78 bits per heavy atom. The van der Waals surface area contributed by atoms with Crippen molar-refractivity contribution in [2.24, 2.45) is 24.6 Å². The largest absolute Gasteiger partial charge is 0.435 e. The van der Waals surface area contributed by atoms with Crippen molar-refractivity contribution in [3.8, 4) is 11.3 Å². The number of alkyl halides is 3. The van der Waals surface area contributed by atoms with Crippen LogP contribution in [0.5, 0.6) is 0 Å². The number of carbonyl (C=O) groups is 3. The first-order valence-electron chi connectivity index (χ1n) is 15.0. The molecule has 3 aromatic rings. The fourth-order valence-electron chi connectivity index (χ4n) is 6.10. The molecular weight excluding hydrogens is 613 g/mol. The Balaban J connectivity index is 1.11. The maximum atomic E-state index is 13.9. The summed E-state index contributed by atoms with van der Waals surface area (Å²) in [6, 6.07) is 4.54. The van der Waals surface area contributed by atoms with E-state index in [0.717, 1.165) is 19.3 Å². The minimum absolute atomic E-state index is 0.0326. The molecule has 3 fully saturated rings. The molecule has 0 radical (unpaired) electrons. The van der Waals surface area contributed by atoms with Crippen LogP contribution >= 0.6 is 11.6 Å². The molecule has 0 bridgehead atoms. The van der Waals surface area contributed by atoms with Crippen molar-refractivity contribution in [3.63, 3.8) is 0 Å². The summed E-state index contributed by atoms with van der Waals surface area (Å²) < 4.78 is 44.2. The lowest BCUT2D eigenvalue weighted by molar-refractivity contribution is -0.141. The molecule has 6 rings (SSSR count). The molecule has 0 spiro atoms. The minimum Gasteiger partial charge on any atom is -0.339 e. The van der Waals surface area contributed by atoms with Gasteiger partial charge in [-0.1, -0.05) is 18.0 Å². The van der Waals surface area contributed by atoms with E-state index in [-0.39, 0.29) is 57.1 Å². The van der Waals surface area contributed by atoms with Gasteiger partial charge in [-0.2, -0.15) is 18.3 Å². The van der Waals surface area contributed by atoms with Gasteiger partial charge in [0, 0.05) is 63.6 Å². The van der Waals surface area contributed by atoms with E-state index >= 15 is 0 Å². The van der Waals surface area contributed by atoms with E-state index in [0.29, 0.717) is 51.5 Å². The molecule has 1 aliphatic heterocycles. The van der Waals surface area contributed by atoms with E-state index in [1.807, 2.05) is 0 Å². The lowest BCUT2D eigenvalue weighted by atomic mass is 9.80. The van der Waals surface area contributed by atoms with Crippen molar-refractivity contribution >= 4 is 35.0 Å². The summed E-state index contributed by atoms with van der Waals surface area (Å²) in [5, 5.41) is 6.59. The van der Waals surface area contributed by atoms with Crippen molar-refractivity contribution in [1.29, 1.82) is 0 Å². The van der Waals surface area contributed by atoms with Crippen LogP contribution in [0, 0.1) is 11.8 Å². The summed E-state index contributed by atoms with van der Waals surface area (Å²) in [7, 11) is 1.46. The average molecular weight is 647 g/mol. The number of amides is 3. The molecule has 1 aromatic carbocycles. The van der Waals surface area contributed by atoms with Gasteiger partial charge in [-0.3, -0.25) is 19.1 Å². The van der Waals surface area contributed by atoms with Crippen LogP contribution in [0.2, 0.25) is 5.02 Å². The molecular formula is C30H34ClF3N8O3. The summed E-state index contributed by atoms with van der Waals surface area (Å²) >= 11 is 6.45. The summed E-state index contributed by atoms with van der Waals surface area (Å²) in [6.07, 6.45) is 2.27. The number of nitrogens with two attached hydrogens (primary N) is 1. The molecule has 2 aromatic heterocycles. The molecule has 0 unspecified atom stereocenters. The Morgan fingerprint density at radius 1 is 1.09 bits per heavy atom. The van der Waals surface area contributed by atoms with E-state index in [1.165, 1.54) is 46.9 Å². The van der Waals surface area contributed by atoms with E-state index in [9.17, 15) is 27.6 Å². The highest BCUT2D eigenvalue weighted by molar-refractivity contribution is 6.34. The Hall–Kier alpha value is -3.91. The number of rotatable bonds is 7. The van der Waals surface area contributed by atoms with Gasteiger partial charge in [-0.25, -0.2) is 4.98 Å². The zero-order valence-electron chi connectivity index (χ0n) is 24.7. The third-order valence-corrected chi connectivity index (χ3v) is 9.34. The summed E-state index contributed by atoms with van der Waals surface area (Å²) in [5.41, 5.74) is 5.26. The molecule has 3 aliphatic rings. The van der Waals surface area contributed by atoms with E-state index < -0.39 is 17.8 Å². The van der Waals surface area contributed by atoms with E-state index in [1.54, 1.807) is 9.80 Å². The van der Waals surface area contributed by atoms with Crippen molar-refractivity contribution in [2.75, 3.05) is 31.5 Å². The average Bonchev–Trinajstić information content (AvgIpc) is 3.56. The number of hydrogen-bond acceptors (Lipinski definition) is 6. The highest BCUT2D eigenvalue weighted by Crippen LogP contribution is 2.37. The third-order valence-electron chi connectivity index (χ3n) is 9.03. The lowest BCUT2D eigenvalue weighted by Crippen LogP contribution is -2.54. The number of benzene rings is 1. The zero-order valence-corrected chi connectivity index (χ0v) is 25.4. The smallest absolute Gasteiger partial charge is 0.339 e. The standard InChI is InChI=1S/C30H34ClF3N8O3/c1-39-24(22-16-42(15-17-3-2-4-17)38-25(22)30(32,33)34)14-36-26(39)27(43)37-20-5-6-21(23(31)13-20)29(45)41-9-7-40(8-10-41)28(44)18-11-19(35)12-18/h5-6,13-14,16-19H,2-4,7-12,15,35H2,1H3,(H,37,43). The second-order valence-electron chi connectivity index (χ2n) is 12.1. The van der Waals surface area contributed by atoms with Gasteiger partial charge in [0.25, 0.3) is 11.8 Å². The molecule has 45 heavy (non-hydrogen) atoms. The molecule has 11 nitrogen and oxygen atoms in total. The molecule has 240 valence electrons. The van der Waals surface area contributed by atoms with Gasteiger partial charge in [0.2, 0.25) is 5.91 Å². The van der Waals surface area contributed by atoms with Crippen LogP contribution in [0.15, 0.2) is 30.6 Å². The fourth-order valence-corrected chi connectivity index (χ4v) is 6.36. The number of imidazole rings is 1. The molecule has 3 amide bonds. The summed E-state index contributed by atoms with van der Waals surface area (Å²) in [5.74, 6) is -0.711. The van der Waals surface area contributed by atoms with Crippen LogP contribution in [0.4, 0.5) is 18.9 Å². The molecule has 2 saturated carbocycles. The van der Waals surface area contributed by atoms with Crippen LogP contribution in [0.25, 0.3) is 11.3 Å². The van der Waals surface area contributed by atoms with Crippen LogP contribution in [0.3, 0.4) is 0 Å². The van der Waals surface area contributed by atoms with Crippen molar-refractivity contribution < 1.29 is 27.6 Å². The first-order valence-corrected chi connectivity index (χ1v) is 15.4. The number of aromatic nitrogens is 4. The predicted molar refractivity (Wildman–Crippen MR) is 159 cm³/mol. The fraction of sp³-hybridized carbons (Fsp3) is 0.500. The normalized spacial score (nSPS) is 20.5. The van der Waals surface area contributed by atoms with Gasteiger partial charge in [-0.05, 0) is 49.8 Å². The second kappa shape index (κ2) is 12.1. The Bertz CT molecular complexity index is 1620. The Morgan fingerprint density at radius 3 is 2.38 bits per heavy atom. The molecule has 15 heteroatoms. The van der Waals surface area contributed by atoms with Crippen LogP contribution < -0.4 is 11.1 Å². The molecule has 3 N–H and O–H groups in total. The Labute approximate surface area is 262 Å². The Kier molecular flexibility index (Phi) is 8.37. The van der Waals surface area contributed by atoms with E-state index in [4.69, 9.17) is 17.3 Å². The number of piperazine rings is 1. The number of anilines is 1. The maximum absolute atomic E-state index is 13.9. The van der Waals surface area contributed by atoms with Crippen LogP contribution in [-0.2, 0) is 24.6 Å². The number of nitrogens with zero attached hydrogens (tertiary/aromatic N) is 6. The highest BCUT2D eigenvalue weighted by atomic mass is 35.5. The van der Waals surface area contributed by atoms with Gasteiger partial charge < -0.3 is 25.4 Å². The van der Waals surface area contributed by atoms with Gasteiger partial charge >= 0.3 is 6.18 Å². The molecule has 1 saturated heterocycles. The van der Waals surface area contributed by atoms with E-state index in [2.05, 4.69) is 15.4 Å². The first-order chi connectivity index (χ1) is 21.4. The zero-order chi connectivity index (χ0) is 32.0. The lowest BCUT2D eigenvalue weighted by Gasteiger charge is -2.40. The molecule has 3 heterocycles.